The second-order valence-electron chi connectivity index (χ2n) is 12.7. The van der Waals surface area contributed by atoms with Crippen molar-refractivity contribution in [1.82, 2.24) is 0 Å². The topological polar surface area (TPSA) is 61.4 Å². The lowest BCUT2D eigenvalue weighted by Gasteiger charge is -2.58. The number of anilines is 2. The van der Waals surface area contributed by atoms with Crippen LogP contribution in [0.15, 0.2) is 35.9 Å². The Balaban J connectivity index is 1.23. The summed E-state index contributed by atoms with van der Waals surface area (Å²) in [6.07, 6.45) is 13.6. The van der Waals surface area contributed by atoms with Crippen molar-refractivity contribution in [3.63, 3.8) is 0 Å². The first-order chi connectivity index (χ1) is 16.8. The van der Waals surface area contributed by atoms with Crippen molar-refractivity contribution in [2.24, 2.45) is 40.4 Å². The van der Waals surface area contributed by atoms with E-state index in [2.05, 4.69) is 37.5 Å². The molecular formula is C31H46N2O2. The number of aliphatic hydroxyl groups excluding tert-OH is 1. The molecule has 4 aliphatic rings. The number of allylic oxidation sites excluding steroid dienone is 1. The average molecular weight is 479 g/mol. The summed E-state index contributed by atoms with van der Waals surface area (Å²) in [5.74, 6) is 3.82. The Labute approximate surface area is 212 Å². The van der Waals surface area contributed by atoms with Gasteiger partial charge in [0.2, 0.25) is 5.91 Å². The summed E-state index contributed by atoms with van der Waals surface area (Å²) in [4.78, 5) is 12.8. The Morgan fingerprint density at radius 3 is 2.63 bits per heavy atom. The molecule has 192 valence electrons. The van der Waals surface area contributed by atoms with Crippen LogP contribution in [0.2, 0.25) is 0 Å². The molecule has 35 heavy (non-hydrogen) atoms. The van der Waals surface area contributed by atoms with Crippen LogP contribution in [0.1, 0.15) is 85.0 Å². The van der Waals surface area contributed by atoms with Gasteiger partial charge in [-0.1, -0.05) is 44.6 Å². The predicted octanol–water partition coefficient (Wildman–Crippen LogP) is 7.02. The van der Waals surface area contributed by atoms with E-state index in [4.69, 9.17) is 0 Å². The minimum atomic E-state index is -0.125. The molecule has 0 bridgehead atoms. The summed E-state index contributed by atoms with van der Waals surface area (Å²) in [6.45, 7) is 7.52. The number of para-hydroxylation sites is 2. The lowest BCUT2D eigenvalue weighted by molar-refractivity contribution is -0.116. The number of hydrogen-bond acceptors (Lipinski definition) is 3. The van der Waals surface area contributed by atoms with Gasteiger partial charge in [0, 0.05) is 13.5 Å². The quantitative estimate of drug-likeness (QED) is 0.385. The highest BCUT2D eigenvalue weighted by atomic mass is 16.3. The summed E-state index contributed by atoms with van der Waals surface area (Å²) < 4.78 is 0. The summed E-state index contributed by atoms with van der Waals surface area (Å²) in [6, 6.07) is 7.91. The van der Waals surface area contributed by atoms with Gasteiger partial charge in [-0.15, -0.1) is 0 Å². The first-order valence-corrected chi connectivity index (χ1v) is 14.2. The smallest absolute Gasteiger partial charge is 0.224 e. The highest BCUT2D eigenvalue weighted by Gasteiger charge is 2.59. The van der Waals surface area contributed by atoms with Crippen molar-refractivity contribution in [2.75, 3.05) is 17.7 Å². The van der Waals surface area contributed by atoms with Crippen LogP contribution >= 0.6 is 0 Å². The number of carbonyl (C=O) groups excluding carboxylic acids is 1. The zero-order valence-corrected chi connectivity index (χ0v) is 22.3. The molecule has 0 radical (unpaired) electrons. The maximum atomic E-state index is 12.8. The third kappa shape index (κ3) is 4.34. The monoisotopic (exact) mass is 478 g/mol. The molecule has 4 heteroatoms. The van der Waals surface area contributed by atoms with Crippen LogP contribution in [0.25, 0.3) is 0 Å². The van der Waals surface area contributed by atoms with E-state index in [1.54, 1.807) is 5.57 Å². The van der Waals surface area contributed by atoms with Gasteiger partial charge in [-0.3, -0.25) is 4.79 Å². The number of aliphatic hydroxyl groups is 1. The Morgan fingerprint density at radius 1 is 1.09 bits per heavy atom. The first kappa shape index (κ1) is 24.9. The molecule has 0 aliphatic heterocycles. The van der Waals surface area contributed by atoms with E-state index in [-0.39, 0.29) is 12.0 Å². The molecule has 1 aromatic carbocycles. The van der Waals surface area contributed by atoms with Crippen molar-refractivity contribution in [3.05, 3.63) is 35.9 Å². The second kappa shape index (κ2) is 9.57. The third-order valence-corrected chi connectivity index (χ3v) is 11.1. The molecule has 4 aliphatic carbocycles. The van der Waals surface area contributed by atoms with Gasteiger partial charge in [-0.2, -0.15) is 0 Å². The van der Waals surface area contributed by atoms with Gasteiger partial charge in [0.25, 0.3) is 0 Å². The Hall–Kier alpha value is -1.81. The minimum Gasteiger partial charge on any atom is -0.393 e. The van der Waals surface area contributed by atoms with Gasteiger partial charge in [-0.25, -0.2) is 0 Å². The van der Waals surface area contributed by atoms with Gasteiger partial charge in [0.1, 0.15) is 0 Å². The molecule has 4 nitrogen and oxygen atoms in total. The maximum absolute atomic E-state index is 12.8. The number of nitrogens with one attached hydrogen (secondary N) is 2. The van der Waals surface area contributed by atoms with Crippen LogP contribution in [0.4, 0.5) is 11.4 Å². The SMILES string of the molecule is CNc1ccccc1NC(=O)CC[C@@H](C)[C@H]1CCC2[C@@H]3CC=C4C[C@@H](O)CC[C@]4(C)[C@H]3CC[C@@]21C. The number of rotatable bonds is 6. The number of amides is 1. The molecule has 3 saturated carbocycles. The van der Waals surface area contributed by atoms with Crippen molar-refractivity contribution in [2.45, 2.75) is 91.1 Å². The molecule has 0 spiro atoms. The summed E-state index contributed by atoms with van der Waals surface area (Å²) in [5.41, 5.74) is 4.12. The lowest BCUT2D eigenvalue weighted by atomic mass is 9.47. The van der Waals surface area contributed by atoms with Crippen LogP contribution in [-0.2, 0) is 4.79 Å². The van der Waals surface area contributed by atoms with Crippen molar-refractivity contribution < 1.29 is 9.90 Å². The van der Waals surface area contributed by atoms with Crippen LogP contribution < -0.4 is 10.6 Å². The summed E-state index contributed by atoms with van der Waals surface area (Å²) in [7, 11) is 1.89. The number of carbonyl (C=O) groups is 1. The largest absolute Gasteiger partial charge is 0.393 e. The normalized spacial score (nSPS) is 39.0. The van der Waals surface area contributed by atoms with E-state index < -0.39 is 0 Å². The van der Waals surface area contributed by atoms with Crippen LogP contribution in [0, 0.1) is 40.4 Å². The Kier molecular flexibility index (Phi) is 6.80. The molecule has 1 aromatic rings. The number of hydrogen-bond donors (Lipinski definition) is 3. The van der Waals surface area contributed by atoms with Gasteiger partial charge >= 0.3 is 0 Å². The molecular weight excluding hydrogens is 432 g/mol. The zero-order chi connectivity index (χ0) is 24.8. The van der Waals surface area contributed by atoms with Gasteiger partial charge in [0.15, 0.2) is 0 Å². The number of fused-ring (bicyclic) bond motifs is 5. The maximum Gasteiger partial charge on any atom is 0.224 e. The van der Waals surface area contributed by atoms with E-state index in [9.17, 15) is 9.90 Å². The molecule has 5 rings (SSSR count). The zero-order valence-electron chi connectivity index (χ0n) is 22.3. The first-order valence-electron chi connectivity index (χ1n) is 14.2. The summed E-state index contributed by atoms with van der Waals surface area (Å²) in [5, 5.41) is 16.6. The van der Waals surface area contributed by atoms with Crippen molar-refractivity contribution >= 4 is 17.3 Å². The highest BCUT2D eigenvalue weighted by molar-refractivity contribution is 5.94. The van der Waals surface area contributed by atoms with Crippen LogP contribution in [0.3, 0.4) is 0 Å². The van der Waals surface area contributed by atoms with Crippen molar-refractivity contribution in [3.8, 4) is 0 Å². The number of benzene rings is 1. The lowest BCUT2D eigenvalue weighted by Crippen LogP contribution is -2.50. The van der Waals surface area contributed by atoms with E-state index in [0.29, 0.717) is 23.2 Å². The molecule has 1 amide bonds. The predicted molar refractivity (Wildman–Crippen MR) is 144 cm³/mol. The van der Waals surface area contributed by atoms with Crippen LogP contribution in [-0.4, -0.2) is 24.2 Å². The molecule has 0 heterocycles. The molecule has 1 unspecified atom stereocenters. The van der Waals surface area contributed by atoms with Gasteiger partial charge < -0.3 is 15.7 Å². The third-order valence-electron chi connectivity index (χ3n) is 11.1. The summed E-state index contributed by atoms with van der Waals surface area (Å²) >= 11 is 0. The molecule has 3 N–H and O–H groups in total. The molecule has 0 saturated heterocycles. The Morgan fingerprint density at radius 2 is 1.86 bits per heavy atom. The standard InChI is InChI=1S/C31H46N2O2/c1-20(9-14-29(35)33-28-8-6-5-7-27(28)32-4)24-12-13-25-23-11-10-21-19-22(34)15-17-30(21,2)26(23)16-18-31(24,25)3/h5-8,10,20,22-26,32,34H,9,11-19H2,1-4H3,(H,33,35)/t20-,22+,23+,24-,25?,26+,30+,31-/m1/s1. The fourth-order valence-electron chi connectivity index (χ4n) is 9.20. The van der Waals surface area contributed by atoms with E-state index in [1.165, 1.54) is 32.1 Å². The highest BCUT2D eigenvalue weighted by Crippen LogP contribution is 2.67. The van der Waals surface area contributed by atoms with Gasteiger partial charge in [0.05, 0.1) is 17.5 Å². The molecule has 3 fully saturated rings. The van der Waals surface area contributed by atoms with E-state index in [1.807, 2.05) is 31.3 Å². The fraction of sp³-hybridized carbons (Fsp3) is 0.710. The van der Waals surface area contributed by atoms with Crippen molar-refractivity contribution in [1.29, 1.82) is 0 Å². The van der Waals surface area contributed by atoms with Gasteiger partial charge in [-0.05, 0) is 110 Å². The second-order valence-corrected chi connectivity index (χ2v) is 12.7. The van der Waals surface area contributed by atoms with E-state index in [0.717, 1.165) is 60.7 Å². The minimum absolute atomic E-state index is 0.125. The molecule has 8 atom stereocenters. The Bertz CT molecular complexity index is 972. The average Bonchev–Trinajstić information content (AvgIpc) is 3.20. The molecule has 0 aromatic heterocycles. The fourth-order valence-corrected chi connectivity index (χ4v) is 9.20. The van der Waals surface area contributed by atoms with Crippen LogP contribution in [0.5, 0.6) is 0 Å². The van der Waals surface area contributed by atoms with E-state index >= 15 is 0 Å².